The Kier molecular flexibility index (Phi) is 5.73. The summed E-state index contributed by atoms with van der Waals surface area (Å²) in [5, 5.41) is 12.0. The summed E-state index contributed by atoms with van der Waals surface area (Å²) in [5.74, 6) is -0.104. The molecule has 25 heavy (non-hydrogen) atoms. The van der Waals surface area contributed by atoms with Gasteiger partial charge in [0.05, 0.1) is 5.92 Å². The quantitative estimate of drug-likeness (QED) is 0.872. The normalized spacial score (nSPS) is 18.9. The molecule has 2 N–H and O–H groups in total. The lowest BCUT2D eigenvalue weighted by atomic mass is 9.97. The van der Waals surface area contributed by atoms with Crippen LogP contribution in [-0.4, -0.2) is 53.2 Å². The van der Waals surface area contributed by atoms with Gasteiger partial charge in [0.25, 0.3) is 0 Å². The molecule has 0 atom stereocenters. The van der Waals surface area contributed by atoms with Crippen molar-refractivity contribution in [2.75, 3.05) is 31.1 Å². The number of urea groups is 1. The van der Waals surface area contributed by atoms with E-state index in [1.165, 1.54) is 19.3 Å². The Balaban J connectivity index is 1.50. The number of carboxylic acids is 1. The van der Waals surface area contributed by atoms with Crippen LogP contribution >= 0.6 is 0 Å². The highest BCUT2D eigenvalue weighted by Crippen LogP contribution is 2.19. The number of amides is 2. The molecule has 0 bridgehead atoms. The van der Waals surface area contributed by atoms with Crippen LogP contribution in [0.15, 0.2) is 18.3 Å². The van der Waals surface area contributed by atoms with E-state index in [2.05, 4.69) is 15.2 Å². The van der Waals surface area contributed by atoms with Gasteiger partial charge in [0.1, 0.15) is 5.82 Å². The lowest BCUT2D eigenvalue weighted by Gasteiger charge is -2.30. The number of piperidine rings is 2. The van der Waals surface area contributed by atoms with E-state index < -0.39 is 5.97 Å². The number of hydrogen-bond donors (Lipinski definition) is 2. The van der Waals surface area contributed by atoms with Gasteiger partial charge in [-0.1, -0.05) is 0 Å². The maximum atomic E-state index is 12.3. The minimum Gasteiger partial charge on any atom is -0.481 e. The molecular weight excluding hydrogens is 320 g/mol. The average Bonchev–Trinajstić information content (AvgIpc) is 2.67. The van der Waals surface area contributed by atoms with Crippen LogP contribution in [0.2, 0.25) is 0 Å². The Labute approximate surface area is 148 Å². The van der Waals surface area contributed by atoms with Crippen molar-refractivity contribution in [1.82, 2.24) is 15.2 Å². The molecule has 0 unspecified atom stereocenters. The number of nitrogens with zero attached hydrogens (tertiary/aromatic N) is 3. The number of anilines is 1. The van der Waals surface area contributed by atoms with Gasteiger partial charge in [0.15, 0.2) is 0 Å². The van der Waals surface area contributed by atoms with Crippen LogP contribution in [0.25, 0.3) is 0 Å². The fourth-order valence-corrected chi connectivity index (χ4v) is 3.49. The number of carboxylic acid groups (broad SMARTS) is 1. The van der Waals surface area contributed by atoms with Crippen LogP contribution in [0.1, 0.15) is 37.7 Å². The molecule has 2 fully saturated rings. The number of hydrogen-bond acceptors (Lipinski definition) is 4. The molecule has 136 valence electrons. The average molecular weight is 346 g/mol. The molecule has 2 aliphatic heterocycles. The van der Waals surface area contributed by atoms with Crippen molar-refractivity contribution >= 4 is 17.8 Å². The molecule has 0 radical (unpaired) electrons. The lowest BCUT2D eigenvalue weighted by molar-refractivity contribution is -0.143. The van der Waals surface area contributed by atoms with Crippen molar-refractivity contribution in [2.24, 2.45) is 5.92 Å². The smallest absolute Gasteiger partial charge is 0.317 e. The van der Waals surface area contributed by atoms with E-state index in [-0.39, 0.29) is 11.9 Å². The van der Waals surface area contributed by atoms with Crippen molar-refractivity contribution in [3.05, 3.63) is 23.9 Å². The second-order valence-electron chi connectivity index (χ2n) is 6.83. The lowest BCUT2D eigenvalue weighted by Crippen LogP contribution is -2.45. The Morgan fingerprint density at radius 2 is 1.88 bits per heavy atom. The number of aliphatic carboxylic acids is 1. The molecule has 1 aromatic heterocycles. The number of likely N-dealkylation sites (tertiary alicyclic amines) is 1. The fourth-order valence-electron chi connectivity index (χ4n) is 3.49. The van der Waals surface area contributed by atoms with Crippen LogP contribution in [-0.2, 0) is 11.3 Å². The number of nitrogens with one attached hydrogen (secondary N) is 1. The molecule has 0 aromatic carbocycles. The SMILES string of the molecule is O=C(O)C1CCN(C(=O)NCc2ccnc(N3CCCCC3)c2)CC1. The van der Waals surface area contributed by atoms with Gasteiger partial charge in [0, 0.05) is 38.9 Å². The Morgan fingerprint density at radius 3 is 2.56 bits per heavy atom. The largest absolute Gasteiger partial charge is 0.481 e. The summed E-state index contributed by atoms with van der Waals surface area (Å²) in [4.78, 5) is 31.7. The first kappa shape index (κ1) is 17.5. The van der Waals surface area contributed by atoms with Gasteiger partial charge in [-0.15, -0.1) is 0 Å². The molecule has 3 heterocycles. The monoisotopic (exact) mass is 346 g/mol. The standard InChI is InChI=1S/C18H26N4O3/c23-17(24)15-5-10-22(11-6-15)18(25)20-13-14-4-7-19-16(12-14)21-8-2-1-3-9-21/h4,7,12,15H,1-3,5-6,8-11,13H2,(H,20,25)(H,23,24). The number of carbonyl (C=O) groups excluding carboxylic acids is 1. The minimum absolute atomic E-state index is 0.125. The molecule has 3 rings (SSSR count). The van der Waals surface area contributed by atoms with Crippen LogP contribution < -0.4 is 10.2 Å². The summed E-state index contributed by atoms with van der Waals surface area (Å²) in [6, 6.07) is 3.84. The third-order valence-corrected chi connectivity index (χ3v) is 5.07. The van der Waals surface area contributed by atoms with E-state index in [0.717, 1.165) is 24.5 Å². The van der Waals surface area contributed by atoms with Crippen LogP contribution in [0, 0.1) is 5.92 Å². The van der Waals surface area contributed by atoms with Crippen molar-refractivity contribution in [3.63, 3.8) is 0 Å². The number of aromatic nitrogens is 1. The highest BCUT2D eigenvalue weighted by Gasteiger charge is 2.26. The summed E-state index contributed by atoms with van der Waals surface area (Å²) in [7, 11) is 0. The zero-order valence-corrected chi connectivity index (χ0v) is 14.5. The Hall–Kier alpha value is -2.31. The van der Waals surface area contributed by atoms with Crippen LogP contribution in [0.3, 0.4) is 0 Å². The van der Waals surface area contributed by atoms with Gasteiger partial charge < -0.3 is 20.2 Å². The number of pyridine rings is 1. The van der Waals surface area contributed by atoms with E-state index in [1.807, 2.05) is 12.1 Å². The van der Waals surface area contributed by atoms with Gasteiger partial charge >= 0.3 is 12.0 Å². The highest BCUT2D eigenvalue weighted by molar-refractivity contribution is 5.75. The van der Waals surface area contributed by atoms with E-state index >= 15 is 0 Å². The van der Waals surface area contributed by atoms with E-state index in [4.69, 9.17) is 5.11 Å². The van der Waals surface area contributed by atoms with E-state index in [9.17, 15) is 9.59 Å². The molecule has 0 saturated carbocycles. The highest BCUT2D eigenvalue weighted by atomic mass is 16.4. The van der Waals surface area contributed by atoms with Crippen molar-refractivity contribution in [1.29, 1.82) is 0 Å². The zero-order chi connectivity index (χ0) is 17.6. The predicted octanol–water partition coefficient (Wildman–Crippen LogP) is 2.08. The molecule has 1 aromatic rings. The van der Waals surface area contributed by atoms with Crippen molar-refractivity contribution in [3.8, 4) is 0 Å². The second kappa shape index (κ2) is 8.18. The van der Waals surface area contributed by atoms with Gasteiger partial charge in [-0.3, -0.25) is 4.79 Å². The molecule has 2 aliphatic rings. The van der Waals surface area contributed by atoms with E-state index in [1.54, 1.807) is 11.1 Å². The maximum Gasteiger partial charge on any atom is 0.317 e. The minimum atomic E-state index is -0.762. The second-order valence-corrected chi connectivity index (χ2v) is 6.83. The summed E-state index contributed by atoms with van der Waals surface area (Å²) in [5.41, 5.74) is 1.03. The molecule has 0 aliphatic carbocycles. The molecular formula is C18H26N4O3. The Bertz CT molecular complexity index is 608. The van der Waals surface area contributed by atoms with Gasteiger partial charge in [-0.2, -0.15) is 0 Å². The summed E-state index contributed by atoms with van der Waals surface area (Å²) >= 11 is 0. The number of carbonyl (C=O) groups is 2. The maximum absolute atomic E-state index is 12.3. The van der Waals surface area contributed by atoms with Gasteiger partial charge in [0.2, 0.25) is 0 Å². The molecule has 7 nitrogen and oxygen atoms in total. The predicted molar refractivity (Wildman–Crippen MR) is 94.5 cm³/mol. The van der Waals surface area contributed by atoms with Gasteiger partial charge in [-0.05, 0) is 49.8 Å². The zero-order valence-electron chi connectivity index (χ0n) is 14.5. The van der Waals surface area contributed by atoms with Crippen molar-refractivity contribution in [2.45, 2.75) is 38.6 Å². The summed E-state index contributed by atoms with van der Waals surface area (Å²) in [6.45, 7) is 3.54. The van der Waals surface area contributed by atoms with Crippen molar-refractivity contribution < 1.29 is 14.7 Å². The third kappa shape index (κ3) is 4.61. The Morgan fingerprint density at radius 1 is 1.16 bits per heavy atom. The van der Waals surface area contributed by atoms with Crippen LogP contribution in [0.4, 0.5) is 10.6 Å². The molecule has 0 spiro atoms. The first-order chi connectivity index (χ1) is 12.1. The molecule has 2 amide bonds. The fraction of sp³-hybridized carbons (Fsp3) is 0.611. The first-order valence-corrected chi connectivity index (χ1v) is 9.09. The first-order valence-electron chi connectivity index (χ1n) is 9.09. The number of rotatable bonds is 4. The summed E-state index contributed by atoms with van der Waals surface area (Å²) < 4.78 is 0. The van der Waals surface area contributed by atoms with Gasteiger partial charge in [-0.25, -0.2) is 9.78 Å². The van der Waals surface area contributed by atoms with Crippen LogP contribution in [0.5, 0.6) is 0 Å². The third-order valence-electron chi connectivity index (χ3n) is 5.07. The molecule has 2 saturated heterocycles. The summed E-state index contributed by atoms with van der Waals surface area (Å²) in [6.07, 6.45) is 6.53. The molecule has 7 heteroatoms. The van der Waals surface area contributed by atoms with E-state index in [0.29, 0.717) is 32.5 Å². The topological polar surface area (TPSA) is 85.8 Å².